The van der Waals surface area contributed by atoms with Crippen molar-refractivity contribution in [2.75, 3.05) is 6.54 Å². The number of aryl methyl sites for hydroxylation is 2. The van der Waals surface area contributed by atoms with E-state index in [1.54, 1.807) is 19.1 Å². The second-order valence-corrected chi connectivity index (χ2v) is 4.59. The molecular weight excluding hydrogens is 208 g/mol. The smallest absolute Gasteiger partial charge is 0.288 e. The molecule has 0 aliphatic carbocycles. The number of rotatable bonds is 2. The number of hydrogen-bond donors (Lipinski definition) is 1. The monoisotopic (exact) mass is 225 g/mol. The van der Waals surface area contributed by atoms with Crippen molar-refractivity contribution in [3.8, 4) is 0 Å². The highest BCUT2D eigenvalue weighted by Crippen LogP contribution is 2.37. The summed E-state index contributed by atoms with van der Waals surface area (Å²) in [7, 11) is 0. The quantitative estimate of drug-likeness (QED) is 0.815. The maximum absolute atomic E-state index is 14.2. The van der Waals surface area contributed by atoms with Gasteiger partial charge in [0.1, 0.15) is 0 Å². The molecule has 0 amide bonds. The summed E-state index contributed by atoms with van der Waals surface area (Å²) >= 11 is 0. The van der Waals surface area contributed by atoms with Gasteiger partial charge in [-0.2, -0.15) is 8.78 Å². The van der Waals surface area contributed by atoms with E-state index in [1.165, 1.54) is 0 Å². The second-order valence-electron chi connectivity index (χ2n) is 4.59. The first-order valence-corrected chi connectivity index (χ1v) is 5.71. The van der Waals surface area contributed by atoms with E-state index in [4.69, 9.17) is 0 Å². The van der Waals surface area contributed by atoms with Gasteiger partial charge in [-0.15, -0.1) is 0 Å². The zero-order valence-corrected chi connectivity index (χ0v) is 9.69. The Morgan fingerprint density at radius 3 is 2.62 bits per heavy atom. The van der Waals surface area contributed by atoms with Crippen LogP contribution in [0.1, 0.15) is 29.5 Å². The summed E-state index contributed by atoms with van der Waals surface area (Å²) < 4.78 is 28.4. The largest absolute Gasteiger partial charge is 0.308 e. The van der Waals surface area contributed by atoms with E-state index in [0.29, 0.717) is 18.5 Å². The minimum Gasteiger partial charge on any atom is -0.308 e. The van der Waals surface area contributed by atoms with Gasteiger partial charge in [-0.3, -0.25) is 0 Å². The Hall–Kier alpha value is -0.960. The summed E-state index contributed by atoms with van der Waals surface area (Å²) in [5, 5.41) is 2.89. The molecule has 0 saturated carbocycles. The fraction of sp³-hybridized carbons (Fsp3) is 0.538. The van der Waals surface area contributed by atoms with Crippen molar-refractivity contribution in [3.63, 3.8) is 0 Å². The number of alkyl halides is 2. The van der Waals surface area contributed by atoms with Crippen LogP contribution in [0.25, 0.3) is 0 Å². The first-order chi connectivity index (χ1) is 7.51. The minimum atomic E-state index is -2.76. The van der Waals surface area contributed by atoms with Crippen LogP contribution in [0.5, 0.6) is 0 Å². The van der Waals surface area contributed by atoms with E-state index in [9.17, 15) is 8.78 Å². The Morgan fingerprint density at radius 1 is 1.31 bits per heavy atom. The van der Waals surface area contributed by atoms with E-state index in [-0.39, 0.29) is 5.56 Å². The zero-order chi connectivity index (χ0) is 11.8. The van der Waals surface area contributed by atoms with Gasteiger partial charge < -0.3 is 5.32 Å². The third-order valence-corrected chi connectivity index (χ3v) is 3.24. The van der Waals surface area contributed by atoms with Gasteiger partial charge in [0.25, 0.3) is 5.92 Å². The third-order valence-electron chi connectivity index (χ3n) is 3.24. The zero-order valence-electron chi connectivity index (χ0n) is 9.69. The van der Waals surface area contributed by atoms with Crippen molar-refractivity contribution in [2.45, 2.75) is 38.7 Å². The molecule has 1 aliphatic rings. The van der Waals surface area contributed by atoms with E-state index >= 15 is 0 Å². The summed E-state index contributed by atoms with van der Waals surface area (Å²) in [5.41, 5.74) is 1.87. The fourth-order valence-corrected chi connectivity index (χ4v) is 2.37. The maximum Gasteiger partial charge on any atom is 0.288 e. The normalized spacial score (nSPS) is 21.4. The predicted molar refractivity (Wildman–Crippen MR) is 60.8 cm³/mol. The molecule has 1 fully saturated rings. The van der Waals surface area contributed by atoms with Gasteiger partial charge in [-0.25, -0.2) is 0 Å². The highest BCUT2D eigenvalue weighted by molar-refractivity contribution is 5.34. The van der Waals surface area contributed by atoms with Crippen LogP contribution >= 0.6 is 0 Å². The van der Waals surface area contributed by atoms with Crippen LogP contribution in [0.2, 0.25) is 0 Å². The van der Waals surface area contributed by atoms with Crippen LogP contribution in [0.3, 0.4) is 0 Å². The summed E-state index contributed by atoms with van der Waals surface area (Å²) in [6, 6.07) is 4.43. The van der Waals surface area contributed by atoms with E-state index in [1.807, 2.05) is 13.0 Å². The molecule has 16 heavy (non-hydrogen) atoms. The molecule has 1 aliphatic heterocycles. The number of halogens is 2. The predicted octanol–water partition coefficient (Wildman–Crippen LogP) is 3.15. The number of nitrogens with one attached hydrogen (secondary N) is 1. The van der Waals surface area contributed by atoms with E-state index in [0.717, 1.165) is 12.0 Å². The first kappa shape index (κ1) is 11.5. The van der Waals surface area contributed by atoms with Crippen LogP contribution in [-0.2, 0) is 5.92 Å². The lowest BCUT2D eigenvalue weighted by molar-refractivity contribution is -0.0382. The third kappa shape index (κ3) is 1.96. The Labute approximate surface area is 94.9 Å². The molecule has 0 bridgehead atoms. The molecule has 0 spiro atoms. The van der Waals surface area contributed by atoms with Gasteiger partial charge in [0.15, 0.2) is 0 Å². The molecule has 2 rings (SSSR count). The molecule has 0 radical (unpaired) electrons. The number of benzene rings is 1. The average molecular weight is 225 g/mol. The van der Waals surface area contributed by atoms with Gasteiger partial charge in [0, 0.05) is 5.56 Å². The van der Waals surface area contributed by atoms with Crippen molar-refractivity contribution in [2.24, 2.45) is 0 Å². The van der Waals surface area contributed by atoms with Gasteiger partial charge in [0.2, 0.25) is 0 Å². The second kappa shape index (κ2) is 4.13. The molecule has 1 unspecified atom stereocenters. The Kier molecular flexibility index (Phi) is 2.98. The molecule has 0 aromatic heterocycles. The van der Waals surface area contributed by atoms with Crippen LogP contribution < -0.4 is 5.32 Å². The summed E-state index contributed by atoms with van der Waals surface area (Å²) in [4.78, 5) is 0. The molecule has 3 heteroatoms. The SMILES string of the molecule is Cc1ccc(C(F)(F)C2CCCN2)c(C)c1. The fourth-order valence-electron chi connectivity index (χ4n) is 2.37. The first-order valence-electron chi connectivity index (χ1n) is 5.71. The Balaban J connectivity index is 2.34. The Bertz CT molecular complexity index is 382. The molecule has 1 nitrogen and oxygen atoms in total. The van der Waals surface area contributed by atoms with Crippen LogP contribution in [-0.4, -0.2) is 12.6 Å². The van der Waals surface area contributed by atoms with Crippen LogP contribution in [0.4, 0.5) is 8.78 Å². The van der Waals surface area contributed by atoms with Gasteiger partial charge in [-0.05, 0) is 38.8 Å². The standard InChI is InChI=1S/C13H17F2N/c1-9-5-6-11(10(2)8-9)13(14,15)12-4-3-7-16-12/h5-6,8,12,16H,3-4,7H2,1-2H3. The molecular formula is C13H17F2N. The molecule has 88 valence electrons. The molecule has 1 aromatic carbocycles. The van der Waals surface area contributed by atoms with Crippen molar-refractivity contribution in [1.29, 1.82) is 0 Å². The van der Waals surface area contributed by atoms with Crippen LogP contribution in [0.15, 0.2) is 18.2 Å². The van der Waals surface area contributed by atoms with Crippen molar-refractivity contribution in [3.05, 3.63) is 34.9 Å². The van der Waals surface area contributed by atoms with E-state index < -0.39 is 12.0 Å². The molecule has 1 N–H and O–H groups in total. The number of hydrogen-bond acceptors (Lipinski definition) is 1. The lowest BCUT2D eigenvalue weighted by Gasteiger charge is -2.25. The van der Waals surface area contributed by atoms with Crippen molar-refractivity contribution in [1.82, 2.24) is 5.32 Å². The van der Waals surface area contributed by atoms with Gasteiger partial charge in [0.05, 0.1) is 6.04 Å². The van der Waals surface area contributed by atoms with Crippen LogP contribution in [0, 0.1) is 13.8 Å². The maximum atomic E-state index is 14.2. The minimum absolute atomic E-state index is 0.164. The van der Waals surface area contributed by atoms with E-state index in [2.05, 4.69) is 5.32 Å². The summed E-state index contributed by atoms with van der Waals surface area (Å²) in [6.45, 7) is 4.37. The van der Waals surface area contributed by atoms with Gasteiger partial charge >= 0.3 is 0 Å². The van der Waals surface area contributed by atoms with Gasteiger partial charge in [-0.1, -0.05) is 23.8 Å². The van der Waals surface area contributed by atoms with Crippen molar-refractivity contribution < 1.29 is 8.78 Å². The molecule has 1 atom stereocenters. The van der Waals surface area contributed by atoms with Crippen molar-refractivity contribution >= 4 is 0 Å². The Morgan fingerprint density at radius 2 is 2.06 bits per heavy atom. The average Bonchev–Trinajstić information content (AvgIpc) is 2.69. The molecule has 1 heterocycles. The summed E-state index contributed by atoms with van der Waals surface area (Å²) in [6.07, 6.45) is 1.39. The lowest BCUT2D eigenvalue weighted by atomic mass is 9.94. The highest BCUT2D eigenvalue weighted by atomic mass is 19.3. The molecule has 1 saturated heterocycles. The topological polar surface area (TPSA) is 12.0 Å². The lowest BCUT2D eigenvalue weighted by Crippen LogP contribution is -2.39. The highest BCUT2D eigenvalue weighted by Gasteiger charge is 2.43. The summed E-state index contributed by atoms with van der Waals surface area (Å²) in [5.74, 6) is -2.76. The molecule has 1 aromatic rings.